The van der Waals surface area contributed by atoms with Crippen LogP contribution in [0.3, 0.4) is 0 Å². The van der Waals surface area contributed by atoms with Gasteiger partial charge in [-0.1, -0.05) is 45.4 Å². The van der Waals surface area contributed by atoms with Gasteiger partial charge in [-0.2, -0.15) is 0 Å². The smallest absolute Gasteiger partial charge is 0.124 e. The zero-order valence-corrected chi connectivity index (χ0v) is 13.8. The summed E-state index contributed by atoms with van der Waals surface area (Å²) in [5, 5.41) is 3.70. The lowest BCUT2D eigenvalue weighted by atomic mass is 9.90. The summed E-state index contributed by atoms with van der Waals surface area (Å²) in [5.74, 6) is 1.64. The first kappa shape index (κ1) is 17.0. The summed E-state index contributed by atoms with van der Waals surface area (Å²) in [6.45, 7) is 12.0. The van der Waals surface area contributed by atoms with Gasteiger partial charge in [-0.3, -0.25) is 0 Å². The molecule has 20 heavy (non-hydrogen) atoms. The van der Waals surface area contributed by atoms with Crippen molar-refractivity contribution in [1.82, 2.24) is 5.32 Å². The van der Waals surface area contributed by atoms with E-state index in [-0.39, 0.29) is 6.10 Å². The lowest BCUT2D eigenvalue weighted by Gasteiger charge is -2.28. The molecule has 0 bridgehead atoms. The van der Waals surface area contributed by atoms with E-state index in [2.05, 4.69) is 64.2 Å². The molecule has 2 nitrogen and oxygen atoms in total. The van der Waals surface area contributed by atoms with Crippen LogP contribution in [0.5, 0.6) is 5.75 Å². The lowest BCUT2D eigenvalue weighted by molar-refractivity contribution is 0.233. The Kier molecular flexibility index (Phi) is 7.68. The second-order valence-electron chi connectivity index (χ2n) is 5.90. The van der Waals surface area contributed by atoms with Gasteiger partial charge in [0.05, 0.1) is 6.10 Å². The molecular weight excluding hydrogens is 246 g/mol. The van der Waals surface area contributed by atoms with Gasteiger partial charge in [0.25, 0.3) is 0 Å². The van der Waals surface area contributed by atoms with Crippen LogP contribution in [0.4, 0.5) is 0 Å². The molecule has 0 spiro atoms. The standard InChI is InChI=1S/C18H31NO/c1-6-10-15(5)18(19-13-7-2)16-11-8-9-12-17(16)20-14(3)4/h8-9,11-12,14-15,18-19H,6-7,10,13H2,1-5H3. The highest BCUT2D eigenvalue weighted by Gasteiger charge is 2.21. The molecule has 0 aliphatic carbocycles. The summed E-state index contributed by atoms with van der Waals surface area (Å²) in [7, 11) is 0. The van der Waals surface area contributed by atoms with Gasteiger partial charge in [-0.15, -0.1) is 0 Å². The molecule has 1 aromatic carbocycles. The van der Waals surface area contributed by atoms with Crippen LogP contribution in [0.1, 0.15) is 65.5 Å². The molecule has 114 valence electrons. The predicted octanol–water partition coefficient (Wildman–Crippen LogP) is 4.95. The molecule has 0 saturated heterocycles. The van der Waals surface area contributed by atoms with E-state index < -0.39 is 0 Å². The fourth-order valence-electron chi connectivity index (χ4n) is 2.64. The third-order valence-electron chi connectivity index (χ3n) is 3.54. The number of rotatable bonds is 9. The topological polar surface area (TPSA) is 21.3 Å². The Bertz CT molecular complexity index is 375. The molecule has 2 heteroatoms. The maximum absolute atomic E-state index is 5.99. The molecule has 1 N–H and O–H groups in total. The molecule has 0 fully saturated rings. The molecular formula is C18H31NO. The van der Waals surface area contributed by atoms with Crippen LogP contribution in [0, 0.1) is 5.92 Å². The zero-order valence-electron chi connectivity index (χ0n) is 13.8. The second-order valence-corrected chi connectivity index (χ2v) is 5.90. The highest BCUT2D eigenvalue weighted by Crippen LogP contribution is 2.32. The largest absolute Gasteiger partial charge is 0.491 e. The van der Waals surface area contributed by atoms with Crippen LogP contribution in [-0.4, -0.2) is 12.6 Å². The summed E-state index contributed by atoms with van der Waals surface area (Å²) in [5.41, 5.74) is 1.30. The number of benzene rings is 1. The van der Waals surface area contributed by atoms with E-state index in [4.69, 9.17) is 4.74 Å². The first-order chi connectivity index (χ1) is 9.60. The van der Waals surface area contributed by atoms with E-state index in [0.717, 1.165) is 18.7 Å². The van der Waals surface area contributed by atoms with Gasteiger partial charge in [0.1, 0.15) is 5.75 Å². The molecule has 0 radical (unpaired) electrons. The van der Waals surface area contributed by atoms with Gasteiger partial charge in [-0.25, -0.2) is 0 Å². The van der Waals surface area contributed by atoms with Crippen LogP contribution in [0.2, 0.25) is 0 Å². The Morgan fingerprint density at radius 3 is 2.35 bits per heavy atom. The van der Waals surface area contributed by atoms with Gasteiger partial charge in [-0.05, 0) is 45.2 Å². The Balaban J connectivity index is 2.99. The second kappa shape index (κ2) is 9.02. The third kappa shape index (κ3) is 5.16. The number of para-hydroxylation sites is 1. The minimum absolute atomic E-state index is 0.212. The van der Waals surface area contributed by atoms with Crippen molar-refractivity contribution < 1.29 is 4.74 Å². The molecule has 2 atom stereocenters. The van der Waals surface area contributed by atoms with E-state index in [9.17, 15) is 0 Å². The van der Waals surface area contributed by atoms with Crippen molar-refractivity contribution in [3.63, 3.8) is 0 Å². The maximum atomic E-state index is 5.99. The molecule has 2 unspecified atom stereocenters. The minimum atomic E-state index is 0.212. The van der Waals surface area contributed by atoms with E-state index in [1.807, 2.05) is 0 Å². The summed E-state index contributed by atoms with van der Waals surface area (Å²) >= 11 is 0. The molecule has 0 saturated carbocycles. The Labute approximate surface area is 124 Å². The first-order valence-corrected chi connectivity index (χ1v) is 8.09. The third-order valence-corrected chi connectivity index (χ3v) is 3.54. The van der Waals surface area contributed by atoms with Crippen LogP contribution >= 0.6 is 0 Å². The summed E-state index contributed by atoms with van der Waals surface area (Å²) in [6.07, 6.45) is 3.82. The number of hydrogen-bond acceptors (Lipinski definition) is 2. The fraction of sp³-hybridized carbons (Fsp3) is 0.667. The van der Waals surface area contributed by atoms with Crippen molar-refractivity contribution in [2.75, 3.05) is 6.54 Å². The van der Waals surface area contributed by atoms with Gasteiger partial charge < -0.3 is 10.1 Å². The average molecular weight is 277 g/mol. The van der Waals surface area contributed by atoms with Crippen molar-refractivity contribution in [3.8, 4) is 5.75 Å². The zero-order chi connectivity index (χ0) is 15.0. The molecule has 0 aliphatic rings. The van der Waals surface area contributed by atoms with Gasteiger partial charge in [0.2, 0.25) is 0 Å². The fourth-order valence-corrected chi connectivity index (χ4v) is 2.64. The van der Waals surface area contributed by atoms with Gasteiger partial charge in [0, 0.05) is 11.6 Å². The van der Waals surface area contributed by atoms with Crippen molar-refractivity contribution in [2.24, 2.45) is 5.92 Å². The molecule has 0 aliphatic heterocycles. The lowest BCUT2D eigenvalue weighted by Crippen LogP contribution is -2.28. The van der Waals surface area contributed by atoms with Gasteiger partial charge >= 0.3 is 0 Å². The highest BCUT2D eigenvalue weighted by atomic mass is 16.5. The van der Waals surface area contributed by atoms with E-state index in [1.54, 1.807) is 0 Å². The molecule has 1 rings (SSSR count). The maximum Gasteiger partial charge on any atom is 0.124 e. The van der Waals surface area contributed by atoms with E-state index >= 15 is 0 Å². The number of hydrogen-bond donors (Lipinski definition) is 1. The number of nitrogens with one attached hydrogen (secondary N) is 1. The van der Waals surface area contributed by atoms with Crippen LogP contribution in [-0.2, 0) is 0 Å². The van der Waals surface area contributed by atoms with Crippen LogP contribution in [0.25, 0.3) is 0 Å². The van der Waals surface area contributed by atoms with Crippen molar-refractivity contribution in [1.29, 1.82) is 0 Å². The summed E-state index contributed by atoms with van der Waals surface area (Å²) in [6, 6.07) is 8.85. The molecule has 0 heterocycles. The average Bonchev–Trinajstić information content (AvgIpc) is 2.40. The van der Waals surface area contributed by atoms with E-state index in [0.29, 0.717) is 12.0 Å². The van der Waals surface area contributed by atoms with Crippen LogP contribution < -0.4 is 10.1 Å². The van der Waals surface area contributed by atoms with Gasteiger partial charge in [0.15, 0.2) is 0 Å². The normalized spacial score (nSPS) is 14.3. The molecule has 0 amide bonds. The SMILES string of the molecule is CCCNC(c1ccccc1OC(C)C)C(C)CCC. The van der Waals surface area contributed by atoms with Crippen molar-refractivity contribution in [3.05, 3.63) is 29.8 Å². The van der Waals surface area contributed by atoms with Crippen molar-refractivity contribution >= 4 is 0 Å². The van der Waals surface area contributed by atoms with Crippen molar-refractivity contribution in [2.45, 2.75) is 66.0 Å². The van der Waals surface area contributed by atoms with Crippen LogP contribution in [0.15, 0.2) is 24.3 Å². The Morgan fingerprint density at radius 1 is 1.05 bits per heavy atom. The predicted molar refractivity (Wildman–Crippen MR) is 87.3 cm³/mol. The first-order valence-electron chi connectivity index (χ1n) is 8.09. The summed E-state index contributed by atoms with van der Waals surface area (Å²) in [4.78, 5) is 0. The highest BCUT2D eigenvalue weighted by molar-refractivity contribution is 5.36. The monoisotopic (exact) mass is 277 g/mol. The Morgan fingerprint density at radius 2 is 1.75 bits per heavy atom. The molecule has 0 aromatic heterocycles. The molecule has 1 aromatic rings. The quantitative estimate of drug-likeness (QED) is 0.689. The summed E-state index contributed by atoms with van der Waals surface area (Å²) < 4.78 is 5.99. The Hall–Kier alpha value is -1.02. The number of ether oxygens (including phenoxy) is 1. The van der Waals surface area contributed by atoms with E-state index in [1.165, 1.54) is 18.4 Å². The minimum Gasteiger partial charge on any atom is -0.491 e.